The molecule has 0 aliphatic rings. The molecule has 1 unspecified atom stereocenters. The lowest BCUT2D eigenvalue weighted by molar-refractivity contribution is -0.139. The van der Waals surface area contributed by atoms with Gasteiger partial charge < -0.3 is 10.4 Å². The van der Waals surface area contributed by atoms with Gasteiger partial charge in [-0.2, -0.15) is 11.8 Å². The van der Waals surface area contributed by atoms with Crippen LogP contribution in [0.5, 0.6) is 0 Å². The van der Waals surface area contributed by atoms with Gasteiger partial charge in [0, 0.05) is 11.5 Å². The summed E-state index contributed by atoms with van der Waals surface area (Å²) in [7, 11) is 0. The standard InChI is InChI=1S/C9H18N4O2S/c1-16-7-2-4-8(9(14)15)11-5-3-6-12-13-10/h8,11H,2-7H2,1H3,(H,14,15). The average molecular weight is 246 g/mol. The van der Waals surface area contributed by atoms with Crippen LogP contribution in [0.1, 0.15) is 19.3 Å². The van der Waals surface area contributed by atoms with E-state index in [-0.39, 0.29) is 0 Å². The Morgan fingerprint density at radius 2 is 2.38 bits per heavy atom. The maximum atomic E-state index is 10.9. The Morgan fingerprint density at radius 3 is 2.94 bits per heavy atom. The highest BCUT2D eigenvalue weighted by molar-refractivity contribution is 7.98. The highest BCUT2D eigenvalue weighted by atomic mass is 32.2. The normalized spacial score (nSPS) is 11.8. The zero-order chi connectivity index (χ0) is 12.2. The van der Waals surface area contributed by atoms with Gasteiger partial charge in [-0.15, -0.1) is 0 Å². The number of carbonyl (C=O) groups is 1. The Labute approximate surface area is 99.4 Å². The van der Waals surface area contributed by atoms with E-state index in [1.165, 1.54) is 0 Å². The average Bonchev–Trinajstić information content (AvgIpc) is 2.26. The van der Waals surface area contributed by atoms with Gasteiger partial charge in [-0.25, -0.2) is 0 Å². The van der Waals surface area contributed by atoms with E-state index in [0.717, 1.165) is 12.2 Å². The summed E-state index contributed by atoms with van der Waals surface area (Å²) < 4.78 is 0. The second kappa shape index (κ2) is 10.6. The Morgan fingerprint density at radius 1 is 1.62 bits per heavy atom. The smallest absolute Gasteiger partial charge is 0.320 e. The van der Waals surface area contributed by atoms with Gasteiger partial charge in [-0.05, 0) is 43.3 Å². The van der Waals surface area contributed by atoms with Gasteiger partial charge in [-0.3, -0.25) is 4.79 Å². The molecule has 0 spiro atoms. The largest absolute Gasteiger partial charge is 0.480 e. The molecule has 0 saturated carbocycles. The summed E-state index contributed by atoms with van der Waals surface area (Å²) in [6, 6.07) is -0.488. The van der Waals surface area contributed by atoms with E-state index >= 15 is 0 Å². The molecule has 0 fully saturated rings. The van der Waals surface area contributed by atoms with E-state index in [4.69, 9.17) is 10.6 Å². The minimum absolute atomic E-state index is 0.403. The first-order valence-electron chi connectivity index (χ1n) is 5.18. The van der Waals surface area contributed by atoms with Crippen molar-refractivity contribution in [3.8, 4) is 0 Å². The molecule has 0 aromatic rings. The van der Waals surface area contributed by atoms with E-state index in [9.17, 15) is 4.79 Å². The molecule has 1 atom stereocenters. The molecule has 0 radical (unpaired) electrons. The Bertz CT molecular complexity index is 244. The lowest BCUT2D eigenvalue weighted by Crippen LogP contribution is -2.37. The van der Waals surface area contributed by atoms with E-state index in [0.29, 0.717) is 25.9 Å². The number of nitrogens with zero attached hydrogens (tertiary/aromatic N) is 3. The van der Waals surface area contributed by atoms with Crippen molar-refractivity contribution in [2.45, 2.75) is 25.3 Å². The fraction of sp³-hybridized carbons (Fsp3) is 0.889. The van der Waals surface area contributed by atoms with Crippen LogP contribution in [-0.2, 0) is 4.79 Å². The van der Waals surface area contributed by atoms with Crippen LogP contribution in [0.15, 0.2) is 5.11 Å². The SMILES string of the molecule is CSCCCC(NCCCN=[N+]=[N-])C(=O)O. The van der Waals surface area contributed by atoms with E-state index in [1.54, 1.807) is 11.8 Å². The van der Waals surface area contributed by atoms with Gasteiger partial charge >= 0.3 is 5.97 Å². The first-order valence-corrected chi connectivity index (χ1v) is 6.57. The molecule has 0 aromatic carbocycles. The third kappa shape index (κ3) is 8.40. The van der Waals surface area contributed by atoms with Gasteiger partial charge in [0.2, 0.25) is 0 Å². The molecule has 0 amide bonds. The van der Waals surface area contributed by atoms with Crippen molar-refractivity contribution < 1.29 is 9.90 Å². The number of nitrogens with one attached hydrogen (secondary N) is 1. The molecule has 2 N–H and O–H groups in total. The summed E-state index contributed by atoms with van der Waals surface area (Å²) in [6.07, 6.45) is 4.19. The molecule has 16 heavy (non-hydrogen) atoms. The minimum atomic E-state index is -0.815. The molecule has 0 saturated heterocycles. The third-order valence-electron chi connectivity index (χ3n) is 2.03. The maximum absolute atomic E-state index is 10.9. The fourth-order valence-corrected chi connectivity index (χ4v) is 1.67. The van der Waals surface area contributed by atoms with Crippen LogP contribution in [0, 0.1) is 0 Å². The number of hydrogen-bond acceptors (Lipinski definition) is 4. The summed E-state index contributed by atoms with van der Waals surface area (Å²) in [5, 5.41) is 15.2. The quantitative estimate of drug-likeness (QED) is 0.266. The number of azide groups is 1. The fourth-order valence-electron chi connectivity index (χ4n) is 1.22. The van der Waals surface area contributed by atoms with Gasteiger partial charge in [-0.1, -0.05) is 5.11 Å². The first-order chi connectivity index (χ1) is 7.72. The number of aliphatic carboxylic acids is 1. The minimum Gasteiger partial charge on any atom is -0.480 e. The number of carboxylic acid groups (broad SMARTS) is 1. The molecular formula is C9H18N4O2S. The zero-order valence-corrected chi connectivity index (χ0v) is 10.2. The lowest BCUT2D eigenvalue weighted by atomic mass is 10.1. The van der Waals surface area contributed by atoms with Crippen molar-refractivity contribution in [3.63, 3.8) is 0 Å². The summed E-state index contributed by atoms with van der Waals surface area (Å²) in [5.74, 6) is 0.161. The first kappa shape index (κ1) is 15.1. The van der Waals surface area contributed by atoms with Crippen molar-refractivity contribution >= 4 is 17.7 Å². The van der Waals surface area contributed by atoms with Gasteiger partial charge in [0.15, 0.2) is 0 Å². The van der Waals surface area contributed by atoms with Crippen LogP contribution < -0.4 is 5.32 Å². The summed E-state index contributed by atoms with van der Waals surface area (Å²) in [6.45, 7) is 0.968. The highest BCUT2D eigenvalue weighted by Crippen LogP contribution is 2.03. The van der Waals surface area contributed by atoms with Crippen LogP contribution in [-0.4, -0.2) is 42.2 Å². The topological polar surface area (TPSA) is 98.1 Å². The number of thioether (sulfide) groups is 1. The second-order valence-electron chi connectivity index (χ2n) is 3.29. The molecular weight excluding hydrogens is 228 g/mol. The zero-order valence-electron chi connectivity index (χ0n) is 9.43. The van der Waals surface area contributed by atoms with Crippen molar-refractivity contribution in [3.05, 3.63) is 10.4 Å². The maximum Gasteiger partial charge on any atom is 0.320 e. The van der Waals surface area contributed by atoms with Crippen LogP contribution in [0.4, 0.5) is 0 Å². The summed E-state index contributed by atoms with van der Waals surface area (Å²) in [5.41, 5.74) is 8.05. The van der Waals surface area contributed by atoms with Gasteiger partial charge in [0.05, 0.1) is 0 Å². The molecule has 92 valence electrons. The summed E-state index contributed by atoms with van der Waals surface area (Å²) >= 11 is 1.71. The van der Waals surface area contributed by atoms with E-state index in [2.05, 4.69) is 15.3 Å². The van der Waals surface area contributed by atoms with Crippen molar-refractivity contribution in [1.29, 1.82) is 0 Å². The molecule has 0 heterocycles. The van der Waals surface area contributed by atoms with Crippen molar-refractivity contribution in [2.75, 3.05) is 25.1 Å². The third-order valence-corrected chi connectivity index (χ3v) is 2.73. The Hall–Kier alpha value is -0.910. The molecule has 0 rings (SSSR count). The molecule has 0 aromatic heterocycles. The number of hydrogen-bond donors (Lipinski definition) is 2. The second-order valence-corrected chi connectivity index (χ2v) is 4.27. The Kier molecular flexibility index (Phi) is 10.00. The predicted octanol–water partition coefficient (Wildman–Crippen LogP) is 1.87. The van der Waals surface area contributed by atoms with E-state index in [1.807, 2.05) is 6.26 Å². The molecule has 6 nitrogen and oxygen atoms in total. The van der Waals surface area contributed by atoms with Crippen LogP contribution >= 0.6 is 11.8 Å². The van der Waals surface area contributed by atoms with Crippen LogP contribution in [0.2, 0.25) is 0 Å². The van der Waals surface area contributed by atoms with E-state index < -0.39 is 12.0 Å². The molecule has 0 aliphatic heterocycles. The van der Waals surface area contributed by atoms with Crippen molar-refractivity contribution in [1.82, 2.24) is 5.32 Å². The van der Waals surface area contributed by atoms with Crippen LogP contribution in [0.3, 0.4) is 0 Å². The van der Waals surface area contributed by atoms with Crippen molar-refractivity contribution in [2.24, 2.45) is 5.11 Å². The van der Waals surface area contributed by atoms with Gasteiger partial charge in [0.25, 0.3) is 0 Å². The molecule has 0 aliphatic carbocycles. The molecule has 0 bridgehead atoms. The van der Waals surface area contributed by atoms with Crippen LogP contribution in [0.25, 0.3) is 10.4 Å². The highest BCUT2D eigenvalue weighted by Gasteiger charge is 2.15. The lowest BCUT2D eigenvalue weighted by Gasteiger charge is -2.13. The number of rotatable bonds is 10. The Balaban J connectivity index is 3.67. The molecule has 7 heteroatoms. The monoisotopic (exact) mass is 246 g/mol. The van der Waals surface area contributed by atoms with Gasteiger partial charge in [0.1, 0.15) is 6.04 Å². The number of carboxylic acids is 1. The summed E-state index contributed by atoms with van der Waals surface area (Å²) in [4.78, 5) is 13.5. The predicted molar refractivity (Wildman–Crippen MR) is 65.7 cm³/mol.